The highest BCUT2D eigenvalue weighted by molar-refractivity contribution is 9.10. The molecule has 2 heteroatoms. The summed E-state index contributed by atoms with van der Waals surface area (Å²) in [7, 11) is 0. The second kappa shape index (κ2) is 4.01. The Morgan fingerprint density at radius 3 is 2.93 bits per heavy atom. The quantitative estimate of drug-likeness (QED) is 0.646. The number of benzene rings is 1. The Hall–Kier alpha value is -0.760. The first-order valence-corrected chi connectivity index (χ1v) is 5.95. The minimum Gasteiger partial charge on any atom is -0.492 e. The molecule has 0 fully saturated rings. The zero-order valence-electron chi connectivity index (χ0n) is 9.09. The molecule has 2 rings (SSSR count). The third-order valence-electron chi connectivity index (χ3n) is 2.53. The molecular formula is C13H15BrO. The number of allylic oxidation sites excluding steroid dienone is 1. The fourth-order valence-electron chi connectivity index (χ4n) is 1.67. The van der Waals surface area contributed by atoms with Crippen LogP contribution in [-0.2, 0) is 6.42 Å². The molecule has 1 aliphatic rings. The summed E-state index contributed by atoms with van der Waals surface area (Å²) in [6.45, 7) is 5.11. The summed E-state index contributed by atoms with van der Waals surface area (Å²) >= 11 is 3.48. The van der Waals surface area contributed by atoms with Crippen LogP contribution in [0.15, 0.2) is 34.8 Å². The van der Waals surface area contributed by atoms with Crippen molar-refractivity contribution in [3.05, 3.63) is 40.4 Å². The molecule has 1 aromatic rings. The number of ether oxygens (including phenoxy) is 1. The first kappa shape index (κ1) is 10.7. The van der Waals surface area contributed by atoms with Gasteiger partial charge in [-0.15, -0.1) is 0 Å². The van der Waals surface area contributed by atoms with Gasteiger partial charge < -0.3 is 4.74 Å². The highest BCUT2D eigenvalue weighted by atomic mass is 79.9. The Morgan fingerprint density at radius 1 is 1.33 bits per heavy atom. The fraction of sp³-hybridized carbons (Fsp3) is 0.385. The van der Waals surface area contributed by atoms with Gasteiger partial charge in [0, 0.05) is 9.89 Å². The van der Waals surface area contributed by atoms with E-state index >= 15 is 0 Å². The van der Waals surface area contributed by atoms with Crippen LogP contribution in [0.25, 0.3) is 0 Å². The van der Waals surface area contributed by atoms with E-state index in [9.17, 15) is 0 Å². The molecule has 0 amide bonds. The van der Waals surface area contributed by atoms with E-state index < -0.39 is 0 Å². The third kappa shape index (κ3) is 2.63. The van der Waals surface area contributed by atoms with Gasteiger partial charge in [-0.05, 0) is 30.2 Å². The van der Waals surface area contributed by atoms with Crippen molar-refractivity contribution in [3.8, 4) is 5.75 Å². The molecule has 0 bridgehead atoms. The van der Waals surface area contributed by atoms with Gasteiger partial charge in [0.25, 0.3) is 0 Å². The zero-order valence-corrected chi connectivity index (χ0v) is 10.7. The van der Waals surface area contributed by atoms with Crippen molar-refractivity contribution in [1.82, 2.24) is 0 Å². The molecule has 0 aromatic heterocycles. The summed E-state index contributed by atoms with van der Waals surface area (Å²) in [5.74, 6) is 1.01. The maximum atomic E-state index is 5.83. The van der Waals surface area contributed by atoms with Crippen molar-refractivity contribution < 1.29 is 4.74 Å². The standard InChI is InChI=1S/C13H15BrO/c1-13(2)7-3-4-10-8-11(14)5-6-12(10)15-9-13/h3,5-8H,4,9H2,1-2H3/b7-3-. The van der Waals surface area contributed by atoms with Crippen molar-refractivity contribution in [1.29, 1.82) is 0 Å². The van der Waals surface area contributed by atoms with Crippen LogP contribution in [0.4, 0.5) is 0 Å². The van der Waals surface area contributed by atoms with Crippen LogP contribution in [0.1, 0.15) is 19.4 Å². The lowest BCUT2D eigenvalue weighted by molar-refractivity contribution is 0.218. The van der Waals surface area contributed by atoms with E-state index in [2.05, 4.69) is 48.0 Å². The largest absolute Gasteiger partial charge is 0.492 e. The van der Waals surface area contributed by atoms with Gasteiger partial charge in [0.2, 0.25) is 0 Å². The molecule has 1 aromatic carbocycles. The summed E-state index contributed by atoms with van der Waals surface area (Å²) in [6.07, 6.45) is 5.41. The van der Waals surface area contributed by atoms with Gasteiger partial charge in [-0.1, -0.05) is 41.9 Å². The fourth-order valence-corrected chi connectivity index (χ4v) is 2.07. The normalized spacial score (nSPS) is 20.7. The van der Waals surface area contributed by atoms with E-state index in [4.69, 9.17) is 4.74 Å². The van der Waals surface area contributed by atoms with Gasteiger partial charge in [-0.3, -0.25) is 0 Å². The number of hydrogen-bond acceptors (Lipinski definition) is 1. The zero-order chi connectivity index (χ0) is 10.9. The molecule has 0 saturated heterocycles. The predicted octanol–water partition coefficient (Wildman–Crippen LogP) is 3.97. The van der Waals surface area contributed by atoms with Crippen LogP contribution < -0.4 is 4.74 Å². The Bertz CT molecular complexity index is 394. The van der Waals surface area contributed by atoms with Crippen LogP contribution in [0, 0.1) is 5.41 Å². The van der Waals surface area contributed by atoms with Crippen LogP contribution in [-0.4, -0.2) is 6.61 Å². The molecular weight excluding hydrogens is 252 g/mol. The van der Waals surface area contributed by atoms with Crippen molar-refractivity contribution >= 4 is 15.9 Å². The lowest BCUT2D eigenvalue weighted by Crippen LogP contribution is -2.20. The lowest BCUT2D eigenvalue weighted by atomic mass is 9.92. The first-order chi connectivity index (χ1) is 7.07. The van der Waals surface area contributed by atoms with Crippen molar-refractivity contribution in [2.75, 3.05) is 6.61 Å². The Kier molecular flexibility index (Phi) is 2.87. The van der Waals surface area contributed by atoms with E-state index in [1.165, 1.54) is 5.56 Å². The molecule has 0 unspecified atom stereocenters. The van der Waals surface area contributed by atoms with Crippen molar-refractivity contribution in [2.24, 2.45) is 5.41 Å². The molecule has 0 atom stereocenters. The van der Waals surface area contributed by atoms with E-state index in [0.717, 1.165) is 23.2 Å². The monoisotopic (exact) mass is 266 g/mol. The van der Waals surface area contributed by atoms with Crippen LogP contribution >= 0.6 is 15.9 Å². The molecule has 0 radical (unpaired) electrons. The number of fused-ring (bicyclic) bond motifs is 1. The molecule has 1 aliphatic heterocycles. The average Bonchev–Trinajstić information content (AvgIpc) is 2.14. The van der Waals surface area contributed by atoms with Gasteiger partial charge in [-0.25, -0.2) is 0 Å². The highest BCUT2D eigenvalue weighted by Crippen LogP contribution is 2.29. The van der Waals surface area contributed by atoms with Gasteiger partial charge in [0.1, 0.15) is 5.75 Å². The number of hydrogen-bond donors (Lipinski definition) is 0. The molecule has 80 valence electrons. The van der Waals surface area contributed by atoms with Crippen LogP contribution in [0.3, 0.4) is 0 Å². The third-order valence-corrected chi connectivity index (χ3v) is 3.02. The average molecular weight is 267 g/mol. The van der Waals surface area contributed by atoms with Crippen LogP contribution in [0.2, 0.25) is 0 Å². The number of rotatable bonds is 0. The summed E-state index contributed by atoms with van der Waals surface area (Å²) in [6, 6.07) is 6.18. The molecule has 1 heterocycles. The van der Waals surface area contributed by atoms with E-state index in [-0.39, 0.29) is 5.41 Å². The summed E-state index contributed by atoms with van der Waals surface area (Å²) in [4.78, 5) is 0. The lowest BCUT2D eigenvalue weighted by Gasteiger charge is -2.24. The number of halogens is 1. The minimum absolute atomic E-state index is 0.130. The predicted molar refractivity (Wildman–Crippen MR) is 66.3 cm³/mol. The van der Waals surface area contributed by atoms with Gasteiger partial charge >= 0.3 is 0 Å². The van der Waals surface area contributed by atoms with Crippen molar-refractivity contribution in [2.45, 2.75) is 20.3 Å². The van der Waals surface area contributed by atoms with Gasteiger partial charge in [0.15, 0.2) is 0 Å². The van der Waals surface area contributed by atoms with E-state index in [0.29, 0.717) is 0 Å². The second-order valence-corrected chi connectivity index (χ2v) is 5.55. The SMILES string of the molecule is CC1(C)/C=C\Cc2cc(Br)ccc2OC1. The summed E-state index contributed by atoms with van der Waals surface area (Å²) in [5, 5.41) is 0. The van der Waals surface area contributed by atoms with E-state index in [1.807, 2.05) is 12.1 Å². The van der Waals surface area contributed by atoms with Crippen LogP contribution in [0.5, 0.6) is 5.75 Å². The Balaban J connectivity index is 2.32. The highest BCUT2D eigenvalue weighted by Gasteiger charge is 2.17. The minimum atomic E-state index is 0.130. The summed E-state index contributed by atoms with van der Waals surface area (Å²) < 4.78 is 6.94. The smallest absolute Gasteiger partial charge is 0.122 e. The molecule has 15 heavy (non-hydrogen) atoms. The van der Waals surface area contributed by atoms with Gasteiger partial charge in [-0.2, -0.15) is 0 Å². The first-order valence-electron chi connectivity index (χ1n) is 5.16. The molecule has 0 aliphatic carbocycles. The summed E-state index contributed by atoms with van der Waals surface area (Å²) in [5.41, 5.74) is 1.38. The van der Waals surface area contributed by atoms with Gasteiger partial charge in [0.05, 0.1) is 6.61 Å². The molecule has 0 saturated carbocycles. The van der Waals surface area contributed by atoms with Crippen molar-refractivity contribution in [3.63, 3.8) is 0 Å². The molecule has 0 spiro atoms. The maximum Gasteiger partial charge on any atom is 0.122 e. The second-order valence-electron chi connectivity index (χ2n) is 4.64. The topological polar surface area (TPSA) is 9.23 Å². The van der Waals surface area contributed by atoms with E-state index in [1.54, 1.807) is 0 Å². The molecule has 0 N–H and O–H groups in total. The maximum absolute atomic E-state index is 5.83. The molecule has 1 nitrogen and oxygen atoms in total. The Morgan fingerprint density at radius 2 is 2.13 bits per heavy atom. The Labute approximate surface area is 99.3 Å².